The van der Waals surface area contributed by atoms with Gasteiger partial charge >= 0.3 is 29.6 Å². The van der Waals surface area contributed by atoms with Crippen molar-refractivity contribution in [2.24, 2.45) is 5.10 Å². The maximum absolute atomic E-state index is 11.9. The summed E-state index contributed by atoms with van der Waals surface area (Å²) in [6.45, 7) is 1.85. The Morgan fingerprint density at radius 3 is 2.17 bits per heavy atom. The number of hydrogen-bond acceptors (Lipinski definition) is 5. The van der Waals surface area contributed by atoms with E-state index in [0.717, 1.165) is 5.56 Å². The molecule has 9 heteroatoms. The Hall–Kier alpha value is -1.74. The first-order chi connectivity index (χ1) is 10.4. The van der Waals surface area contributed by atoms with E-state index < -0.39 is 14.9 Å². The van der Waals surface area contributed by atoms with E-state index in [1.54, 1.807) is 12.1 Å². The molecular weight excluding hydrogens is 329 g/mol. The average molecular weight is 341 g/mol. The fourth-order valence-electron chi connectivity index (χ4n) is 1.59. The zero-order valence-electron chi connectivity index (χ0n) is 12.6. The molecule has 0 fully saturated rings. The first kappa shape index (κ1) is 19.3. The van der Waals surface area contributed by atoms with Gasteiger partial charge in [-0.3, -0.25) is 10.1 Å². The second-order valence-electron chi connectivity index (χ2n) is 4.46. The molecule has 0 N–H and O–H groups in total. The largest absolute Gasteiger partial charge is 1.00 e. The zero-order chi connectivity index (χ0) is 16.2. The molecule has 23 heavy (non-hydrogen) atoms. The van der Waals surface area contributed by atoms with Crippen LogP contribution in [-0.4, -0.2) is 19.6 Å². The van der Waals surface area contributed by atoms with Crippen molar-refractivity contribution < 1.29 is 42.9 Å². The van der Waals surface area contributed by atoms with Crippen LogP contribution in [0.2, 0.25) is 0 Å². The van der Waals surface area contributed by atoms with Gasteiger partial charge in [0, 0.05) is 18.3 Å². The molecule has 0 heterocycles. The molecule has 0 saturated heterocycles. The Morgan fingerprint density at radius 2 is 1.65 bits per heavy atom. The van der Waals surface area contributed by atoms with Crippen molar-refractivity contribution in [3.8, 4) is 0 Å². The summed E-state index contributed by atoms with van der Waals surface area (Å²) >= 11 is 0. The van der Waals surface area contributed by atoms with Gasteiger partial charge in [-0.05, 0) is 36.8 Å². The van der Waals surface area contributed by atoms with Crippen molar-refractivity contribution in [1.29, 1.82) is 0 Å². The van der Waals surface area contributed by atoms with E-state index in [0.29, 0.717) is 5.56 Å². The SMILES string of the molecule is Cc1ccc(S(=O)(=O)[N-]/N=C/c2ccc([N+](=O)[O-])cc2)cc1.[Na+]. The summed E-state index contributed by atoms with van der Waals surface area (Å²) in [6.07, 6.45) is 1.22. The number of non-ortho nitro benzene ring substituents is 1. The van der Waals surface area contributed by atoms with Crippen molar-refractivity contribution in [2.75, 3.05) is 0 Å². The fourth-order valence-corrected chi connectivity index (χ4v) is 2.34. The smallest absolute Gasteiger partial charge is 0.491 e. The summed E-state index contributed by atoms with van der Waals surface area (Å²) in [5.74, 6) is 0. The molecule has 114 valence electrons. The third-order valence-corrected chi connectivity index (χ3v) is 3.96. The van der Waals surface area contributed by atoms with Crippen molar-refractivity contribution in [3.05, 3.63) is 74.6 Å². The van der Waals surface area contributed by atoms with Crippen LogP contribution >= 0.6 is 0 Å². The van der Waals surface area contributed by atoms with Crippen LogP contribution in [0.3, 0.4) is 0 Å². The number of aryl methyl sites for hydroxylation is 1. The standard InChI is InChI=1S/C14H12N3O4S.Na/c1-11-2-8-14(9-3-11)22(20,21)16-15-10-12-4-6-13(7-5-12)17(18)19;/h2-10H,1H3;/q-1;+1/b15-10+;. The summed E-state index contributed by atoms with van der Waals surface area (Å²) in [5, 5.41) is 14.0. The molecule has 0 aliphatic carbocycles. The van der Waals surface area contributed by atoms with Gasteiger partial charge in [0.05, 0.1) is 9.82 Å². The molecule has 7 nitrogen and oxygen atoms in total. The van der Waals surface area contributed by atoms with Crippen LogP contribution < -0.4 is 29.6 Å². The minimum Gasteiger partial charge on any atom is -0.491 e. The summed E-state index contributed by atoms with van der Waals surface area (Å²) in [5.41, 5.74) is 1.39. The predicted molar refractivity (Wildman–Crippen MR) is 82.4 cm³/mol. The van der Waals surface area contributed by atoms with Crippen LogP contribution in [-0.2, 0) is 10.0 Å². The Morgan fingerprint density at radius 1 is 1.09 bits per heavy atom. The molecule has 0 amide bonds. The molecule has 0 atom stereocenters. The van der Waals surface area contributed by atoms with Crippen molar-refractivity contribution in [2.45, 2.75) is 11.8 Å². The quantitative estimate of drug-likeness (QED) is 0.330. The third kappa shape index (κ3) is 5.43. The van der Waals surface area contributed by atoms with Crippen LogP contribution in [0, 0.1) is 17.0 Å². The molecule has 2 aromatic carbocycles. The van der Waals surface area contributed by atoms with Crippen LogP contribution in [0.25, 0.3) is 4.83 Å². The normalized spacial score (nSPS) is 11.0. The number of benzene rings is 2. The molecule has 0 aliphatic heterocycles. The van der Waals surface area contributed by atoms with E-state index in [1.807, 2.05) is 6.92 Å². The summed E-state index contributed by atoms with van der Waals surface area (Å²) in [7, 11) is -3.85. The Bertz CT molecular complexity index is 803. The van der Waals surface area contributed by atoms with Gasteiger partial charge in [0.15, 0.2) is 0 Å². The molecule has 0 aliphatic rings. The van der Waals surface area contributed by atoms with Gasteiger partial charge in [0.2, 0.25) is 0 Å². The number of nitrogens with zero attached hydrogens (tertiary/aromatic N) is 3. The Balaban J connectivity index is 0.00000264. The molecule has 0 unspecified atom stereocenters. The van der Waals surface area contributed by atoms with E-state index in [4.69, 9.17) is 0 Å². The van der Waals surface area contributed by atoms with E-state index >= 15 is 0 Å². The second-order valence-corrected chi connectivity index (χ2v) is 6.05. The van der Waals surface area contributed by atoms with Crippen molar-refractivity contribution in [3.63, 3.8) is 0 Å². The predicted octanol–water partition coefficient (Wildman–Crippen LogP) is 0.00372. The van der Waals surface area contributed by atoms with E-state index in [-0.39, 0.29) is 40.1 Å². The molecule has 2 rings (SSSR count). The summed E-state index contributed by atoms with van der Waals surface area (Å²) < 4.78 is 23.8. The number of nitro groups is 1. The average Bonchev–Trinajstić information content (AvgIpc) is 2.48. The Labute approximate surface area is 155 Å². The topological polar surface area (TPSA) is 104 Å². The maximum atomic E-state index is 11.9. The first-order valence-electron chi connectivity index (χ1n) is 6.20. The van der Waals surface area contributed by atoms with Gasteiger partial charge in [0.1, 0.15) is 10.0 Å². The summed E-state index contributed by atoms with van der Waals surface area (Å²) in [4.78, 5) is 13.4. The number of rotatable bonds is 5. The molecule has 0 bridgehead atoms. The minimum absolute atomic E-state index is 0. The minimum atomic E-state index is -3.85. The summed E-state index contributed by atoms with van der Waals surface area (Å²) in [6, 6.07) is 11.8. The van der Waals surface area contributed by atoms with Gasteiger partial charge in [-0.1, -0.05) is 17.7 Å². The van der Waals surface area contributed by atoms with Crippen LogP contribution in [0.4, 0.5) is 5.69 Å². The number of nitro benzene ring substituents is 1. The van der Waals surface area contributed by atoms with Crippen LogP contribution in [0.5, 0.6) is 0 Å². The fraction of sp³-hybridized carbons (Fsp3) is 0.0714. The first-order valence-corrected chi connectivity index (χ1v) is 7.64. The van der Waals surface area contributed by atoms with E-state index in [1.165, 1.54) is 42.6 Å². The molecular formula is C14H12N3NaO4S. The molecule has 0 radical (unpaired) electrons. The molecule has 0 saturated carbocycles. The molecule has 0 spiro atoms. The van der Waals surface area contributed by atoms with Gasteiger partial charge in [-0.25, -0.2) is 8.42 Å². The third-order valence-electron chi connectivity index (χ3n) is 2.78. The Kier molecular flexibility index (Phi) is 6.89. The van der Waals surface area contributed by atoms with E-state index in [2.05, 4.69) is 9.93 Å². The van der Waals surface area contributed by atoms with Gasteiger partial charge in [0.25, 0.3) is 5.69 Å². The number of hydrogen-bond donors (Lipinski definition) is 0. The number of sulfonamides is 1. The van der Waals surface area contributed by atoms with Crippen molar-refractivity contribution >= 4 is 21.9 Å². The van der Waals surface area contributed by atoms with Crippen LogP contribution in [0.15, 0.2) is 58.5 Å². The van der Waals surface area contributed by atoms with Gasteiger partial charge in [-0.2, -0.15) is 0 Å². The maximum Gasteiger partial charge on any atom is 1.00 e. The molecule has 0 aromatic heterocycles. The molecule has 2 aromatic rings. The second kappa shape index (κ2) is 8.21. The van der Waals surface area contributed by atoms with Crippen molar-refractivity contribution in [1.82, 2.24) is 0 Å². The zero-order valence-corrected chi connectivity index (χ0v) is 15.4. The van der Waals surface area contributed by atoms with Gasteiger partial charge in [-0.15, -0.1) is 0 Å². The van der Waals surface area contributed by atoms with Gasteiger partial charge < -0.3 is 9.93 Å². The van der Waals surface area contributed by atoms with E-state index in [9.17, 15) is 18.5 Å². The van der Waals surface area contributed by atoms with Crippen LogP contribution in [0.1, 0.15) is 11.1 Å². The monoisotopic (exact) mass is 341 g/mol.